The summed E-state index contributed by atoms with van der Waals surface area (Å²) < 4.78 is 0. The van der Waals surface area contributed by atoms with Gasteiger partial charge in [0.1, 0.15) is 17.5 Å². The van der Waals surface area contributed by atoms with E-state index in [9.17, 15) is 19.5 Å². The highest BCUT2D eigenvalue weighted by atomic mass is 16.4. The van der Waals surface area contributed by atoms with E-state index in [4.69, 9.17) is 15.9 Å². The first-order valence-corrected chi connectivity index (χ1v) is 5.65. The summed E-state index contributed by atoms with van der Waals surface area (Å²) in [6.45, 7) is 0. The third-order valence-corrected chi connectivity index (χ3v) is 2.51. The van der Waals surface area contributed by atoms with E-state index < -0.39 is 29.6 Å². The lowest BCUT2D eigenvalue weighted by Gasteiger charge is -2.14. The van der Waals surface area contributed by atoms with E-state index in [2.05, 4.69) is 5.32 Å². The summed E-state index contributed by atoms with van der Waals surface area (Å²) in [7, 11) is 0. The zero-order valence-corrected chi connectivity index (χ0v) is 10.4. The Bertz CT molecular complexity index is 543. The Balaban J connectivity index is 2.80. The predicted octanol–water partition coefficient (Wildman–Crippen LogP) is -0.454. The predicted molar refractivity (Wildman–Crippen MR) is 67.1 cm³/mol. The van der Waals surface area contributed by atoms with Gasteiger partial charge < -0.3 is 26.4 Å². The van der Waals surface area contributed by atoms with Crippen molar-refractivity contribution in [2.75, 3.05) is 0 Å². The number of aromatic hydroxyl groups is 2. The van der Waals surface area contributed by atoms with Crippen LogP contribution in [0.3, 0.4) is 0 Å². The number of aliphatic carboxylic acids is 1. The number of rotatable bonds is 6. The largest absolute Gasteiger partial charge is 0.508 e. The molecule has 1 aromatic carbocycles. The van der Waals surface area contributed by atoms with E-state index in [1.54, 1.807) is 0 Å². The number of carboxylic acids is 1. The second-order valence-corrected chi connectivity index (χ2v) is 4.07. The van der Waals surface area contributed by atoms with Gasteiger partial charge in [-0.15, -0.1) is 0 Å². The van der Waals surface area contributed by atoms with Gasteiger partial charge in [-0.3, -0.25) is 9.59 Å². The molecule has 20 heavy (non-hydrogen) atoms. The van der Waals surface area contributed by atoms with E-state index in [0.717, 1.165) is 12.1 Å². The maximum absolute atomic E-state index is 11.8. The second-order valence-electron chi connectivity index (χ2n) is 4.07. The fourth-order valence-electron chi connectivity index (χ4n) is 1.49. The summed E-state index contributed by atoms with van der Waals surface area (Å²) in [5.74, 6) is -3.56. The molecule has 0 heterocycles. The summed E-state index contributed by atoms with van der Waals surface area (Å²) in [5.41, 5.74) is 4.72. The maximum Gasteiger partial charge on any atom is 0.326 e. The lowest BCUT2D eigenvalue weighted by molar-refractivity contribution is -0.139. The summed E-state index contributed by atoms with van der Waals surface area (Å²) >= 11 is 0. The minimum Gasteiger partial charge on any atom is -0.508 e. The van der Waals surface area contributed by atoms with Crippen molar-refractivity contribution in [1.82, 2.24) is 5.32 Å². The Morgan fingerprint density at radius 3 is 2.40 bits per heavy atom. The van der Waals surface area contributed by atoms with Gasteiger partial charge in [-0.2, -0.15) is 0 Å². The van der Waals surface area contributed by atoms with Crippen molar-refractivity contribution >= 4 is 17.8 Å². The minimum atomic E-state index is -1.32. The summed E-state index contributed by atoms with van der Waals surface area (Å²) in [5, 5.41) is 29.7. The molecule has 8 nitrogen and oxygen atoms in total. The fraction of sp³-hybridized carbons (Fsp3) is 0.250. The van der Waals surface area contributed by atoms with Crippen LogP contribution in [0.5, 0.6) is 11.5 Å². The van der Waals surface area contributed by atoms with E-state index in [1.807, 2.05) is 0 Å². The normalized spacial score (nSPS) is 11.6. The Labute approximate surface area is 113 Å². The molecule has 2 amide bonds. The van der Waals surface area contributed by atoms with E-state index in [1.165, 1.54) is 6.07 Å². The van der Waals surface area contributed by atoms with Gasteiger partial charge in [0.05, 0.1) is 5.56 Å². The number of carbonyl (C=O) groups excluding carboxylic acids is 2. The molecule has 1 atom stereocenters. The number of phenolic OH excluding ortho intramolecular Hbond substituents is 2. The number of benzene rings is 1. The number of nitrogens with one attached hydrogen (secondary N) is 1. The molecule has 0 bridgehead atoms. The number of hydrogen-bond donors (Lipinski definition) is 5. The molecular weight excluding hydrogens is 268 g/mol. The Kier molecular flexibility index (Phi) is 4.90. The lowest BCUT2D eigenvalue weighted by Crippen LogP contribution is -2.41. The molecule has 8 heteroatoms. The van der Waals surface area contributed by atoms with Crippen LogP contribution in [0.15, 0.2) is 18.2 Å². The van der Waals surface area contributed by atoms with E-state index in [0.29, 0.717) is 0 Å². The first kappa shape index (κ1) is 15.3. The molecule has 0 aliphatic heterocycles. The van der Waals surface area contributed by atoms with Crippen LogP contribution in [-0.2, 0) is 9.59 Å². The number of nitrogens with two attached hydrogens (primary N) is 1. The smallest absolute Gasteiger partial charge is 0.326 e. The number of primary amides is 1. The number of carbonyl (C=O) groups is 3. The quantitative estimate of drug-likeness (QED) is 0.476. The van der Waals surface area contributed by atoms with Crippen molar-refractivity contribution in [3.05, 3.63) is 23.8 Å². The Hall–Kier alpha value is -2.77. The number of phenols is 2. The molecule has 0 saturated carbocycles. The molecule has 0 aliphatic rings. The van der Waals surface area contributed by atoms with Crippen molar-refractivity contribution in [2.24, 2.45) is 5.73 Å². The van der Waals surface area contributed by atoms with Crippen LogP contribution in [0.1, 0.15) is 23.2 Å². The molecule has 1 rings (SSSR count). The van der Waals surface area contributed by atoms with Crippen molar-refractivity contribution in [3.8, 4) is 11.5 Å². The van der Waals surface area contributed by atoms with Gasteiger partial charge in [0, 0.05) is 12.5 Å². The Morgan fingerprint density at radius 1 is 1.25 bits per heavy atom. The van der Waals surface area contributed by atoms with E-state index in [-0.39, 0.29) is 24.2 Å². The van der Waals surface area contributed by atoms with E-state index >= 15 is 0 Å². The number of carboxylic acid groups (broad SMARTS) is 1. The molecule has 6 N–H and O–H groups in total. The number of hydrogen-bond acceptors (Lipinski definition) is 5. The van der Waals surface area contributed by atoms with Gasteiger partial charge in [0.25, 0.3) is 5.91 Å². The van der Waals surface area contributed by atoms with Crippen LogP contribution in [0, 0.1) is 0 Å². The molecule has 0 unspecified atom stereocenters. The van der Waals surface area contributed by atoms with Crippen LogP contribution in [0.25, 0.3) is 0 Å². The summed E-state index contributed by atoms with van der Waals surface area (Å²) in [6, 6.07) is 1.97. The third kappa shape index (κ3) is 4.16. The standard InChI is InChI=1S/C12H14N2O6/c13-10(17)4-3-8(12(19)20)14-11(18)7-2-1-6(15)5-9(7)16/h1-2,5,8,15-16H,3-4H2,(H2,13,17)(H,14,18)(H,19,20)/t8-/m1/s1. The van der Waals surface area contributed by atoms with Crippen LogP contribution in [0.2, 0.25) is 0 Å². The molecule has 0 saturated heterocycles. The van der Waals surface area contributed by atoms with Crippen LogP contribution < -0.4 is 11.1 Å². The van der Waals surface area contributed by atoms with Crippen LogP contribution >= 0.6 is 0 Å². The molecule has 108 valence electrons. The topological polar surface area (TPSA) is 150 Å². The fourth-order valence-corrected chi connectivity index (χ4v) is 1.49. The van der Waals surface area contributed by atoms with Gasteiger partial charge in [-0.1, -0.05) is 0 Å². The third-order valence-electron chi connectivity index (χ3n) is 2.51. The first-order valence-electron chi connectivity index (χ1n) is 5.65. The molecule has 0 aromatic heterocycles. The zero-order valence-electron chi connectivity index (χ0n) is 10.4. The SMILES string of the molecule is NC(=O)CC[C@@H](NC(=O)c1ccc(O)cc1O)C(=O)O. The molecule has 1 aromatic rings. The highest BCUT2D eigenvalue weighted by molar-refractivity contribution is 5.99. The van der Waals surface area contributed by atoms with Crippen molar-refractivity contribution in [3.63, 3.8) is 0 Å². The zero-order chi connectivity index (χ0) is 15.3. The van der Waals surface area contributed by atoms with Gasteiger partial charge in [0.15, 0.2) is 0 Å². The molecule has 0 radical (unpaired) electrons. The molecule has 0 fully saturated rings. The van der Waals surface area contributed by atoms with Crippen molar-refractivity contribution < 1.29 is 29.7 Å². The molecular formula is C12H14N2O6. The van der Waals surface area contributed by atoms with Gasteiger partial charge >= 0.3 is 5.97 Å². The average Bonchev–Trinajstić information content (AvgIpc) is 2.33. The number of amides is 2. The second kappa shape index (κ2) is 6.41. The average molecular weight is 282 g/mol. The Morgan fingerprint density at radius 2 is 1.90 bits per heavy atom. The first-order chi connectivity index (χ1) is 9.31. The highest BCUT2D eigenvalue weighted by Crippen LogP contribution is 2.22. The summed E-state index contributed by atoms with van der Waals surface area (Å²) in [4.78, 5) is 33.4. The molecule has 0 spiro atoms. The van der Waals surface area contributed by atoms with Crippen molar-refractivity contribution in [1.29, 1.82) is 0 Å². The monoisotopic (exact) mass is 282 g/mol. The summed E-state index contributed by atoms with van der Waals surface area (Å²) in [6.07, 6.45) is -0.353. The van der Waals surface area contributed by atoms with Crippen LogP contribution in [-0.4, -0.2) is 39.1 Å². The molecule has 0 aliphatic carbocycles. The van der Waals surface area contributed by atoms with Gasteiger partial charge in [-0.25, -0.2) is 4.79 Å². The van der Waals surface area contributed by atoms with Crippen molar-refractivity contribution in [2.45, 2.75) is 18.9 Å². The van der Waals surface area contributed by atoms with Gasteiger partial charge in [-0.05, 0) is 18.6 Å². The highest BCUT2D eigenvalue weighted by Gasteiger charge is 2.22. The van der Waals surface area contributed by atoms with Gasteiger partial charge in [0.2, 0.25) is 5.91 Å². The minimum absolute atomic E-state index is 0.157. The van der Waals surface area contributed by atoms with Crippen LogP contribution in [0.4, 0.5) is 0 Å². The maximum atomic E-state index is 11.8. The lowest BCUT2D eigenvalue weighted by atomic mass is 10.1.